The van der Waals surface area contributed by atoms with Gasteiger partial charge in [-0.1, -0.05) is 13.8 Å². The van der Waals surface area contributed by atoms with Gasteiger partial charge in [-0.25, -0.2) is 8.42 Å². The minimum Gasteiger partial charge on any atom is -0.381 e. The second-order valence-electron chi connectivity index (χ2n) is 7.04. The van der Waals surface area contributed by atoms with Crippen molar-refractivity contribution in [2.75, 3.05) is 25.0 Å². The normalized spacial score (nSPS) is 24.1. The Kier molecular flexibility index (Phi) is 6.20. The standard InChI is InChI=1S/C17H26F2N2O2S/c1-12-8-13(2)10-21(9-12)11-14(3)20-15-4-6-16(7-5-15)24(22,23)17(18)19/h4-7,12-14,17,20H,8-11H2,1-3H3. The van der Waals surface area contributed by atoms with E-state index in [0.717, 1.165) is 25.3 Å². The summed E-state index contributed by atoms with van der Waals surface area (Å²) in [5, 5.41) is 3.30. The zero-order valence-corrected chi connectivity index (χ0v) is 15.2. The highest BCUT2D eigenvalue weighted by Gasteiger charge is 2.26. The molecule has 1 aliphatic heterocycles. The monoisotopic (exact) mass is 360 g/mol. The predicted molar refractivity (Wildman–Crippen MR) is 92.1 cm³/mol. The first kappa shape index (κ1) is 19.1. The highest BCUT2D eigenvalue weighted by molar-refractivity contribution is 7.91. The van der Waals surface area contributed by atoms with E-state index >= 15 is 0 Å². The van der Waals surface area contributed by atoms with Gasteiger partial charge in [0.25, 0.3) is 0 Å². The fourth-order valence-corrected chi connectivity index (χ4v) is 4.22. The molecule has 3 unspecified atom stereocenters. The molecule has 1 fully saturated rings. The lowest BCUT2D eigenvalue weighted by Gasteiger charge is -2.36. The molecule has 3 atom stereocenters. The van der Waals surface area contributed by atoms with E-state index in [2.05, 4.69) is 31.0 Å². The molecule has 7 heteroatoms. The molecule has 1 aromatic carbocycles. The molecule has 0 spiro atoms. The molecule has 136 valence electrons. The number of sulfone groups is 1. The first-order chi connectivity index (χ1) is 11.2. The second-order valence-corrected chi connectivity index (χ2v) is 8.96. The smallest absolute Gasteiger partial charge is 0.341 e. The van der Waals surface area contributed by atoms with Crippen molar-refractivity contribution in [3.63, 3.8) is 0 Å². The van der Waals surface area contributed by atoms with Crippen LogP contribution in [0.15, 0.2) is 29.2 Å². The van der Waals surface area contributed by atoms with Crippen LogP contribution in [0, 0.1) is 11.8 Å². The summed E-state index contributed by atoms with van der Waals surface area (Å²) in [5.41, 5.74) is 0.730. The van der Waals surface area contributed by atoms with Crippen LogP contribution in [-0.2, 0) is 9.84 Å². The van der Waals surface area contributed by atoms with Gasteiger partial charge in [-0.15, -0.1) is 0 Å². The van der Waals surface area contributed by atoms with Crippen LogP contribution in [0.1, 0.15) is 27.2 Å². The van der Waals surface area contributed by atoms with Crippen molar-refractivity contribution < 1.29 is 17.2 Å². The molecule has 1 N–H and O–H groups in total. The van der Waals surface area contributed by atoms with Crippen LogP contribution in [0.25, 0.3) is 0 Å². The molecule has 24 heavy (non-hydrogen) atoms. The van der Waals surface area contributed by atoms with E-state index in [1.54, 1.807) is 0 Å². The molecule has 0 amide bonds. The fraction of sp³-hybridized carbons (Fsp3) is 0.647. The maximum Gasteiger partial charge on any atom is 0.341 e. The molecule has 2 rings (SSSR count). The van der Waals surface area contributed by atoms with E-state index in [4.69, 9.17) is 0 Å². The third-order valence-corrected chi connectivity index (χ3v) is 5.71. The summed E-state index contributed by atoms with van der Waals surface area (Å²) in [4.78, 5) is 2.08. The molecule has 1 saturated heterocycles. The summed E-state index contributed by atoms with van der Waals surface area (Å²) in [6, 6.07) is 5.70. The molecule has 0 radical (unpaired) electrons. The number of likely N-dealkylation sites (tertiary alicyclic amines) is 1. The quantitative estimate of drug-likeness (QED) is 0.844. The van der Waals surface area contributed by atoms with Gasteiger partial charge in [0.15, 0.2) is 0 Å². The van der Waals surface area contributed by atoms with Crippen LogP contribution in [-0.4, -0.2) is 44.8 Å². The number of hydrogen-bond donors (Lipinski definition) is 1. The summed E-state index contributed by atoms with van der Waals surface area (Å²) >= 11 is 0. The van der Waals surface area contributed by atoms with Gasteiger partial charge in [0.05, 0.1) is 4.90 Å². The van der Waals surface area contributed by atoms with E-state index in [1.807, 2.05) is 0 Å². The highest BCUT2D eigenvalue weighted by Crippen LogP contribution is 2.22. The Morgan fingerprint density at radius 2 is 1.71 bits per heavy atom. The van der Waals surface area contributed by atoms with E-state index in [-0.39, 0.29) is 10.9 Å². The maximum atomic E-state index is 12.5. The SMILES string of the molecule is CC1CC(C)CN(CC(C)Nc2ccc(S(=O)(=O)C(F)F)cc2)C1. The minimum absolute atomic E-state index is 0.181. The molecule has 0 saturated carbocycles. The molecule has 1 heterocycles. The number of piperidine rings is 1. The van der Waals surface area contributed by atoms with Crippen LogP contribution in [0.3, 0.4) is 0 Å². The van der Waals surface area contributed by atoms with Gasteiger partial charge in [-0.2, -0.15) is 8.78 Å². The average molecular weight is 360 g/mol. The summed E-state index contributed by atoms with van der Waals surface area (Å²) in [6.07, 6.45) is 1.26. The second kappa shape index (κ2) is 7.78. The first-order valence-electron chi connectivity index (χ1n) is 8.29. The van der Waals surface area contributed by atoms with Gasteiger partial charge >= 0.3 is 5.76 Å². The Hall–Kier alpha value is -1.21. The summed E-state index contributed by atoms with van der Waals surface area (Å²) in [5.74, 6) is -2.00. The lowest BCUT2D eigenvalue weighted by Crippen LogP contribution is -2.43. The molecule has 0 aromatic heterocycles. The molecule has 4 nitrogen and oxygen atoms in total. The number of halogens is 2. The minimum atomic E-state index is -4.53. The maximum absolute atomic E-state index is 12.5. The first-order valence-corrected chi connectivity index (χ1v) is 9.84. The Bertz CT molecular complexity index is 624. The number of hydrogen-bond acceptors (Lipinski definition) is 4. The number of nitrogens with one attached hydrogen (secondary N) is 1. The molecule has 0 aliphatic carbocycles. The van der Waals surface area contributed by atoms with Gasteiger partial charge in [0, 0.05) is 31.4 Å². The Balaban J connectivity index is 1.94. The Morgan fingerprint density at radius 1 is 1.17 bits per heavy atom. The van der Waals surface area contributed by atoms with E-state index in [1.165, 1.54) is 30.7 Å². The van der Waals surface area contributed by atoms with Crippen LogP contribution < -0.4 is 5.32 Å². The van der Waals surface area contributed by atoms with Crippen molar-refractivity contribution in [3.8, 4) is 0 Å². The predicted octanol–water partition coefficient (Wildman–Crippen LogP) is 3.46. The van der Waals surface area contributed by atoms with Gasteiger partial charge in [0.2, 0.25) is 9.84 Å². The summed E-state index contributed by atoms with van der Waals surface area (Å²) in [7, 11) is -4.53. The molecule has 1 aliphatic rings. The zero-order valence-electron chi connectivity index (χ0n) is 14.4. The van der Waals surface area contributed by atoms with E-state index in [0.29, 0.717) is 11.8 Å². The van der Waals surface area contributed by atoms with Gasteiger partial charge in [-0.3, -0.25) is 0 Å². The topological polar surface area (TPSA) is 49.4 Å². The van der Waals surface area contributed by atoms with Crippen LogP contribution in [0.5, 0.6) is 0 Å². The summed E-state index contributed by atoms with van der Waals surface area (Å²) < 4.78 is 47.9. The molecular weight excluding hydrogens is 334 g/mol. The van der Waals surface area contributed by atoms with E-state index < -0.39 is 15.6 Å². The molecule has 0 bridgehead atoms. The number of rotatable bonds is 6. The molecular formula is C17H26F2N2O2S. The lowest BCUT2D eigenvalue weighted by atomic mass is 9.92. The van der Waals surface area contributed by atoms with Crippen molar-refractivity contribution in [3.05, 3.63) is 24.3 Å². The van der Waals surface area contributed by atoms with Crippen molar-refractivity contribution in [1.82, 2.24) is 4.90 Å². The fourth-order valence-electron chi connectivity index (χ4n) is 3.50. The third-order valence-electron chi connectivity index (χ3n) is 4.31. The lowest BCUT2D eigenvalue weighted by molar-refractivity contribution is 0.138. The highest BCUT2D eigenvalue weighted by atomic mass is 32.2. The van der Waals surface area contributed by atoms with Gasteiger partial charge in [-0.05, 0) is 49.4 Å². The number of alkyl halides is 2. The number of nitrogens with zero attached hydrogens (tertiary/aromatic N) is 1. The number of anilines is 1. The van der Waals surface area contributed by atoms with Crippen molar-refractivity contribution in [2.45, 2.75) is 43.9 Å². The van der Waals surface area contributed by atoms with Crippen molar-refractivity contribution >= 4 is 15.5 Å². The third kappa shape index (κ3) is 4.89. The largest absolute Gasteiger partial charge is 0.381 e. The Morgan fingerprint density at radius 3 is 2.21 bits per heavy atom. The van der Waals surface area contributed by atoms with Crippen LogP contribution in [0.4, 0.5) is 14.5 Å². The zero-order chi connectivity index (χ0) is 17.9. The molecule has 1 aromatic rings. The van der Waals surface area contributed by atoms with E-state index in [9.17, 15) is 17.2 Å². The van der Waals surface area contributed by atoms with Crippen LogP contribution in [0.2, 0.25) is 0 Å². The van der Waals surface area contributed by atoms with Gasteiger partial charge in [0.1, 0.15) is 0 Å². The number of benzene rings is 1. The Labute approximate surface area is 143 Å². The van der Waals surface area contributed by atoms with Crippen molar-refractivity contribution in [2.24, 2.45) is 11.8 Å². The van der Waals surface area contributed by atoms with Crippen LogP contribution >= 0.6 is 0 Å². The van der Waals surface area contributed by atoms with Gasteiger partial charge < -0.3 is 10.2 Å². The van der Waals surface area contributed by atoms with Crippen molar-refractivity contribution in [1.29, 1.82) is 0 Å². The average Bonchev–Trinajstić information content (AvgIpc) is 2.46. The summed E-state index contributed by atoms with van der Waals surface area (Å²) in [6.45, 7) is 9.66.